The molecule has 1 rings (SSSR count). The van der Waals surface area contributed by atoms with Crippen LogP contribution in [0.3, 0.4) is 0 Å². The molecule has 0 radical (unpaired) electrons. The van der Waals surface area contributed by atoms with Crippen LogP contribution in [-0.4, -0.2) is 16.3 Å². The van der Waals surface area contributed by atoms with Gasteiger partial charge in [0.2, 0.25) is 0 Å². The highest BCUT2D eigenvalue weighted by Gasteiger charge is 2.46. The van der Waals surface area contributed by atoms with Crippen molar-refractivity contribution in [1.29, 1.82) is 0 Å². The van der Waals surface area contributed by atoms with Gasteiger partial charge in [-0.1, -0.05) is 39.3 Å². The van der Waals surface area contributed by atoms with Crippen LogP contribution in [0.15, 0.2) is 6.20 Å². The summed E-state index contributed by atoms with van der Waals surface area (Å²) in [6.07, 6.45) is 2.36. The minimum Gasteiger partial charge on any atom is -0.327 e. The van der Waals surface area contributed by atoms with Gasteiger partial charge in [-0.05, 0) is 6.42 Å². The second-order valence-corrected chi connectivity index (χ2v) is 5.73. The minimum atomic E-state index is -1.67. The van der Waals surface area contributed by atoms with Gasteiger partial charge in [0, 0.05) is 18.5 Å². The van der Waals surface area contributed by atoms with Crippen molar-refractivity contribution in [2.75, 3.05) is 6.54 Å². The summed E-state index contributed by atoms with van der Waals surface area (Å²) < 4.78 is 16.8. The molecule has 0 fully saturated rings. The molecular formula is C12H21ClFN3. The molecule has 98 valence electrons. The lowest BCUT2D eigenvalue weighted by Crippen LogP contribution is -2.44. The average Bonchev–Trinajstić information content (AvgIpc) is 2.58. The van der Waals surface area contributed by atoms with Crippen molar-refractivity contribution < 1.29 is 4.39 Å². The molecule has 3 nitrogen and oxygen atoms in total. The molecule has 0 saturated heterocycles. The van der Waals surface area contributed by atoms with Gasteiger partial charge in [-0.15, -0.1) is 0 Å². The van der Waals surface area contributed by atoms with Crippen molar-refractivity contribution in [2.45, 2.75) is 46.3 Å². The predicted molar refractivity (Wildman–Crippen MR) is 68.8 cm³/mol. The van der Waals surface area contributed by atoms with Crippen LogP contribution in [0.4, 0.5) is 4.39 Å². The fourth-order valence-electron chi connectivity index (χ4n) is 1.90. The molecule has 1 aromatic heterocycles. The third kappa shape index (κ3) is 2.47. The van der Waals surface area contributed by atoms with Crippen LogP contribution < -0.4 is 5.73 Å². The fraction of sp³-hybridized carbons (Fsp3) is 0.750. The van der Waals surface area contributed by atoms with Crippen LogP contribution in [0.2, 0.25) is 5.02 Å². The topological polar surface area (TPSA) is 43.8 Å². The summed E-state index contributed by atoms with van der Waals surface area (Å²) in [6.45, 7) is 8.01. The van der Waals surface area contributed by atoms with Crippen LogP contribution in [-0.2, 0) is 12.2 Å². The van der Waals surface area contributed by atoms with Crippen molar-refractivity contribution in [2.24, 2.45) is 11.1 Å². The Morgan fingerprint density at radius 2 is 2.06 bits per heavy atom. The summed E-state index contributed by atoms with van der Waals surface area (Å²) in [5.74, 6) is 0. The third-order valence-electron chi connectivity index (χ3n) is 3.08. The van der Waals surface area contributed by atoms with Gasteiger partial charge < -0.3 is 5.73 Å². The number of nitrogens with two attached hydrogens (primary N) is 1. The highest BCUT2D eigenvalue weighted by Crippen LogP contribution is 2.44. The first-order valence-electron chi connectivity index (χ1n) is 5.88. The second-order valence-electron chi connectivity index (χ2n) is 5.32. The lowest BCUT2D eigenvalue weighted by atomic mass is 9.75. The highest BCUT2D eigenvalue weighted by molar-refractivity contribution is 6.31. The Bertz CT molecular complexity index is 384. The largest absolute Gasteiger partial charge is 0.327 e. The first kappa shape index (κ1) is 14.5. The molecule has 1 heterocycles. The Morgan fingerprint density at radius 1 is 1.47 bits per heavy atom. The molecule has 0 amide bonds. The van der Waals surface area contributed by atoms with E-state index in [1.807, 2.05) is 27.7 Å². The first-order valence-corrected chi connectivity index (χ1v) is 6.26. The van der Waals surface area contributed by atoms with Crippen molar-refractivity contribution in [1.82, 2.24) is 9.78 Å². The number of aromatic nitrogens is 2. The number of hydrogen-bond donors (Lipinski definition) is 1. The van der Waals surface area contributed by atoms with Crippen molar-refractivity contribution in [3.8, 4) is 0 Å². The molecule has 0 aliphatic rings. The van der Waals surface area contributed by atoms with Gasteiger partial charge in [0.25, 0.3) is 0 Å². The van der Waals surface area contributed by atoms with E-state index in [4.69, 9.17) is 17.3 Å². The van der Waals surface area contributed by atoms with Gasteiger partial charge in [0.1, 0.15) is 0 Å². The van der Waals surface area contributed by atoms with Crippen LogP contribution >= 0.6 is 11.6 Å². The van der Waals surface area contributed by atoms with Gasteiger partial charge >= 0.3 is 0 Å². The van der Waals surface area contributed by atoms with E-state index >= 15 is 4.39 Å². The van der Waals surface area contributed by atoms with E-state index in [0.29, 0.717) is 17.3 Å². The Hall–Kier alpha value is -0.610. The zero-order valence-electron chi connectivity index (χ0n) is 10.9. The maximum Gasteiger partial charge on any atom is 0.170 e. The maximum atomic E-state index is 15.2. The van der Waals surface area contributed by atoms with Crippen LogP contribution in [0.5, 0.6) is 0 Å². The molecule has 0 saturated carbocycles. The highest BCUT2D eigenvalue weighted by atomic mass is 35.5. The first-order chi connectivity index (χ1) is 7.78. The van der Waals surface area contributed by atoms with Crippen molar-refractivity contribution >= 4 is 11.6 Å². The van der Waals surface area contributed by atoms with Crippen LogP contribution in [0.25, 0.3) is 0 Å². The normalized spacial score (nSPS) is 15.9. The molecule has 17 heavy (non-hydrogen) atoms. The van der Waals surface area contributed by atoms with Gasteiger partial charge in [0.15, 0.2) is 5.67 Å². The summed E-state index contributed by atoms with van der Waals surface area (Å²) >= 11 is 6.07. The Balaban J connectivity index is 3.33. The molecule has 0 spiro atoms. The summed E-state index contributed by atoms with van der Waals surface area (Å²) in [5, 5.41) is 4.47. The quantitative estimate of drug-likeness (QED) is 0.905. The summed E-state index contributed by atoms with van der Waals surface area (Å²) in [7, 11) is 0. The zero-order valence-corrected chi connectivity index (χ0v) is 11.7. The molecule has 2 N–H and O–H groups in total. The van der Waals surface area contributed by atoms with Crippen LogP contribution in [0.1, 0.15) is 39.8 Å². The molecular weight excluding hydrogens is 241 g/mol. The number of rotatable bonds is 4. The molecule has 0 aliphatic carbocycles. The number of alkyl halides is 1. The SMILES string of the molecule is CCCn1ncc(Cl)c1C(F)(CN)C(C)(C)C. The predicted octanol–water partition coefficient (Wildman–Crippen LogP) is 3.12. The number of halogens is 2. The van der Waals surface area contributed by atoms with E-state index in [1.54, 1.807) is 4.68 Å². The monoisotopic (exact) mass is 261 g/mol. The Labute approximate surface area is 107 Å². The Kier molecular flexibility index (Phi) is 4.20. The number of nitrogens with zero attached hydrogens (tertiary/aromatic N) is 2. The zero-order chi connectivity index (χ0) is 13.3. The second kappa shape index (κ2) is 4.94. The van der Waals surface area contributed by atoms with E-state index in [1.165, 1.54) is 6.20 Å². The van der Waals surface area contributed by atoms with E-state index in [-0.39, 0.29) is 6.54 Å². The third-order valence-corrected chi connectivity index (χ3v) is 3.35. The molecule has 5 heteroatoms. The van der Waals surface area contributed by atoms with Gasteiger partial charge in [-0.2, -0.15) is 5.10 Å². The molecule has 0 aromatic carbocycles. The van der Waals surface area contributed by atoms with Crippen molar-refractivity contribution in [3.05, 3.63) is 16.9 Å². The van der Waals surface area contributed by atoms with Crippen LogP contribution in [0, 0.1) is 5.41 Å². The molecule has 1 atom stereocenters. The Morgan fingerprint density at radius 3 is 2.47 bits per heavy atom. The fourth-order valence-corrected chi connectivity index (χ4v) is 2.19. The molecule has 1 aromatic rings. The molecule has 0 aliphatic heterocycles. The number of hydrogen-bond acceptors (Lipinski definition) is 2. The van der Waals surface area contributed by atoms with E-state index in [2.05, 4.69) is 5.10 Å². The summed E-state index contributed by atoms with van der Waals surface area (Å²) in [4.78, 5) is 0. The molecule has 1 unspecified atom stereocenters. The molecule has 0 bridgehead atoms. The minimum absolute atomic E-state index is 0.106. The number of aryl methyl sites for hydroxylation is 1. The summed E-state index contributed by atoms with van der Waals surface area (Å²) in [6, 6.07) is 0. The van der Waals surface area contributed by atoms with Gasteiger partial charge in [-0.3, -0.25) is 4.68 Å². The van der Waals surface area contributed by atoms with E-state index < -0.39 is 11.1 Å². The standard InChI is InChI=1S/C12H21ClFN3/c1-5-6-17-10(9(13)7-16-17)12(14,8-15)11(2,3)4/h7H,5-6,8,15H2,1-4H3. The van der Waals surface area contributed by atoms with E-state index in [9.17, 15) is 0 Å². The van der Waals surface area contributed by atoms with Gasteiger partial charge in [0.05, 0.1) is 16.9 Å². The average molecular weight is 262 g/mol. The lowest BCUT2D eigenvalue weighted by molar-refractivity contribution is 0.0252. The smallest absolute Gasteiger partial charge is 0.170 e. The maximum absolute atomic E-state index is 15.2. The van der Waals surface area contributed by atoms with Gasteiger partial charge in [-0.25, -0.2) is 4.39 Å². The summed E-state index contributed by atoms with van der Waals surface area (Å²) in [5.41, 5.74) is 3.74. The van der Waals surface area contributed by atoms with Crippen molar-refractivity contribution in [3.63, 3.8) is 0 Å². The lowest BCUT2D eigenvalue weighted by Gasteiger charge is -2.37. The van der Waals surface area contributed by atoms with E-state index in [0.717, 1.165) is 6.42 Å².